The number of hydrogen-bond acceptors (Lipinski definition) is 18. The van der Waals surface area contributed by atoms with Crippen LogP contribution in [0, 0.1) is 11.8 Å². The zero-order chi connectivity index (χ0) is 44.6. The maximum absolute atomic E-state index is 6.48. The third kappa shape index (κ3) is 17.2. The molecule has 24 heteroatoms. The third-order valence-electron chi connectivity index (χ3n) is 9.67. The molecule has 0 aliphatic carbocycles. The molecule has 0 aliphatic rings. The molecule has 5 atom stereocenters. The Labute approximate surface area is 404 Å². The van der Waals surface area contributed by atoms with E-state index in [1.165, 1.54) is 0 Å². The summed E-state index contributed by atoms with van der Waals surface area (Å²) in [6, 6.07) is 1.67. The lowest BCUT2D eigenvalue weighted by atomic mass is 9.98. The molecule has 0 spiro atoms. The van der Waals surface area contributed by atoms with Crippen LogP contribution in [-0.4, -0.2) is 107 Å². The molecule has 0 radical (unpaired) electrons. The van der Waals surface area contributed by atoms with Crippen LogP contribution >= 0.6 is 124 Å². The molecular formula is C34H82O9S12Si3. The Bertz CT molecular complexity index is 920. The molecule has 0 aromatic carbocycles. The van der Waals surface area contributed by atoms with Crippen molar-refractivity contribution in [3.63, 3.8) is 0 Å². The van der Waals surface area contributed by atoms with E-state index in [0.29, 0.717) is 101 Å². The highest BCUT2D eigenvalue weighted by Crippen LogP contribution is 3.03. The van der Waals surface area contributed by atoms with Crippen LogP contribution in [0.1, 0.15) is 109 Å². The first kappa shape index (κ1) is 62.5. The quantitative estimate of drug-likeness (QED) is 0.0202. The highest BCUT2D eigenvalue weighted by Gasteiger charge is 2.68. The largest absolute Gasteiger partial charge is 0.501 e. The smallest absolute Gasteiger partial charge is 0.374 e. The second-order valence-corrected chi connectivity index (χ2v) is 48.1. The first-order valence-corrected chi connectivity index (χ1v) is 42.3. The lowest BCUT2D eigenvalue weighted by molar-refractivity contribution is 0.0721. The number of rotatable bonds is 39. The van der Waals surface area contributed by atoms with E-state index in [9.17, 15) is 0 Å². The van der Waals surface area contributed by atoms with Crippen LogP contribution in [0.5, 0.6) is 0 Å². The molecule has 356 valence electrons. The number of hydrogen-bond donors (Lipinski definition) is 6. The summed E-state index contributed by atoms with van der Waals surface area (Å²) >= 11 is 33.8. The van der Waals surface area contributed by atoms with Crippen LogP contribution in [0.2, 0.25) is 18.1 Å². The number of thiol groups is 6. The van der Waals surface area contributed by atoms with Crippen molar-refractivity contribution in [1.29, 1.82) is 0 Å². The summed E-state index contributed by atoms with van der Waals surface area (Å²) in [4.78, 5) is 0. The Morgan fingerprint density at radius 2 is 0.690 bits per heavy atom. The molecule has 0 rings (SSSR count). The molecular weight excluding hydrogens is 1020 g/mol. The zero-order valence-corrected chi connectivity index (χ0v) is 50.7. The van der Waals surface area contributed by atoms with Gasteiger partial charge in [-0.2, -0.15) is 0 Å². The van der Waals surface area contributed by atoms with Gasteiger partial charge in [-0.3, -0.25) is 0 Å². The Morgan fingerprint density at radius 3 is 0.879 bits per heavy atom. The predicted molar refractivity (Wildman–Crippen MR) is 296 cm³/mol. The van der Waals surface area contributed by atoms with Gasteiger partial charge in [0.25, 0.3) is 0 Å². The van der Waals surface area contributed by atoms with Gasteiger partial charge in [0.1, 0.15) is 3.41 Å². The minimum absolute atomic E-state index is 0.0510. The monoisotopic (exact) mass is 1100 g/mol. The average Bonchev–Trinajstić information content (AvgIpc) is 3.19. The standard InChI is InChI=1S/C34H82O9S12Si3/c1-13-32(11)24-23-25-33(12)34(53(47,50-44)26-29-56(35-14-2,36-15-3)37-16-4,54(48,51-45)27-30-57(38-17-5,39-18-6)40-19-7)55(49,52-46)28-31-58(41-20-8,42-21-9)43-22-10/h32-33,44-49H,13-31H2,1-12H3. The third-order valence-corrected chi connectivity index (χ3v) is 58.4. The second-order valence-electron chi connectivity index (χ2n) is 13.4. The van der Waals surface area contributed by atoms with E-state index in [-0.39, 0.29) is 5.92 Å². The van der Waals surface area contributed by atoms with Gasteiger partial charge in [0.05, 0.1) is 0 Å². The fraction of sp³-hybridized carbons (Fsp3) is 1.00. The zero-order valence-electron chi connectivity index (χ0n) is 37.4. The molecule has 0 heterocycles. The van der Waals surface area contributed by atoms with E-state index in [4.69, 9.17) is 110 Å². The fourth-order valence-corrected chi connectivity index (χ4v) is 67.3. The summed E-state index contributed by atoms with van der Waals surface area (Å²) in [5, 5.41) is 0. The van der Waals surface area contributed by atoms with Crippen molar-refractivity contribution in [2.45, 2.75) is 130 Å². The lowest BCUT2D eigenvalue weighted by Gasteiger charge is -2.70. The van der Waals surface area contributed by atoms with Gasteiger partial charge in [-0.05, 0) is 110 Å². The fourth-order valence-electron chi connectivity index (χ4n) is 7.20. The van der Waals surface area contributed by atoms with Crippen LogP contribution < -0.4 is 0 Å². The summed E-state index contributed by atoms with van der Waals surface area (Å²) in [6.45, 7) is 29.3. The molecule has 5 unspecified atom stereocenters. The Hall–Kier alpha value is 4.49. The molecule has 0 amide bonds. The first-order valence-electron chi connectivity index (χ1n) is 20.8. The molecule has 0 aromatic rings. The van der Waals surface area contributed by atoms with Gasteiger partial charge >= 0.3 is 26.4 Å². The van der Waals surface area contributed by atoms with Gasteiger partial charge in [-0.25, -0.2) is 0 Å². The van der Waals surface area contributed by atoms with E-state index in [1.54, 1.807) is 29.5 Å². The first-order chi connectivity index (χ1) is 27.5. The Kier molecular flexibility index (Phi) is 34.8. The van der Waals surface area contributed by atoms with Crippen molar-refractivity contribution in [1.82, 2.24) is 0 Å². The molecule has 58 heavy (non-hydrogen) atoms. The van der Waals surface area contributed by atoms with Gasteiger partial charge in [-0.15, -0.1) is 94.2 Å². The summed E-state index contributed by atoms with van der Waals surface area (Å²) in [5.74, 6) is 2.52. The molecule has 0 aliphatic heterocycles. The van der Waals surface area contributed by atoms with Crippen molar-refractivity contribution in [3.8, 4) is 0 Å². The van der Waals surface area contributed by atoms with Crippen molar-refractivity contribution in [2.24, 2.45) is 11.8 Å². The molecule has 0 N–H and O–H groups in total. The molecule has 0 saturated heterocycles. The summed E-state index contributed by atoms with van der Waals surface area (Å²) in [6.07, 6.45) is 4.22. The van der Waals surface area contributed by atoms with E-state index in [0.717, 1.165) is 25.7 Å². The Balaban J connectivity index is 8.55. The van der Waals surface area contributed by atoms with Crippen LogP contribution in [0.3, 0.4) is 0 Å². The van der Waals surface area contributed by atoms with E-state index in [1.807, 2.05) is 62.3 Å². The van der Waals surface area contributed by atoms with Crippen LogP contribution in [0.15, 0.2) is 0 Å². The van der Waals surface area contributed by atoms with E-state index >= 15 is 0 Å². The van der Waals surface area contributed by atoms with Crippen LogP contribution in [-0.2, 0) is 39.8 Å². The van der Waals surface area contributed by atoms with Crippen LogP contribution in [0.25, 0.3) is 0 Å². The van der Waals surface area contributed by atoms with Crippen LogP contribution in [0.4, 0.5) is 0 Å². The molecule has 0 saturated carbocycles. The van der Waals surface area contributed by atoms with Gasteiger partial charge in [0, 0.05) is 94.9 Å². The Morgan fingerprint density at radius 1 is 0.448 bits per heavy atom. The van der Waals surface area contributed by atoms with Gasteiger partial charge in [-0.1, -0.05) is 40.0 Å². The van der Waals surface area contributed by atoms with Crippen molar-refractivity contribution < 1.29 is 39.8 Å². The van der Waals surface area contributed by atoms with Crippen molar-refractivity contribution in [2.75, 3.05) is 76.7 Å². The summed E-state index contributed by atoms with van der Waals surface area (Å²) in [5.41, 5.74) is 0. The maximum atomic E-state index is 6.48. The topological polar surface area (TPSA) is 83.1 Å². The average molecular weight is 1100 g/mol. The van der Waals surface area contributed by atoms with Crippen molar-refractivity contribution >= 4 is 150 Å². The summed E-state index contributed by atoms with van der Waals surface area (Å²) < 4.78 is 57.7. The lowest BCUT2D eigenvalue weighted by Crippen LogP contribution is -2.52. The summed E-state index contributed by atoms with van der Waals surface area (Å²) in [7, 11) is -11.5. The highest BCUT2D eigenvalue weighted by molar-refractivity contribution is 9.48. The van der Waals surface area contributed by atoms with E-state index in [2.05, 4.69) is 20.8 Å². The minimum atomic E-state index is -3.14. The van der Waals surface area contributed by atoms with Gasteiger partial charge in [0.2, 0.25) is 0 Å². The van der Waals surface area contributed by atoms with Gasteiger partial charge in [0.15, 0.2) is 0 Å². The predicted octanol–water partition coefficient (Wildman–Crippen LogP) is 14.1. The molecule has 0 bridgehead atoms. The molecule has 9 nitrogen and oxygen atoms in total. The highest BCUT2D eigenvalue weighted by atomic mass is 33.8. The van der Waals surface area contributed by atoms with Crippen molar-refractivity contribution in [3.05, 3.63) is 0 Å². The minimum Gasteiger partial charge on any atom is -0.374 e. The SMILES string of the molecule is CCO[Si](CCS(S)(SS)C(C(C)CCCC(C)CC)(S(S)(CC[Si](OCC)(OCC)OCC)SS)S(S)(CC[Si](OCC)(OCC)OCC)SS)(OCC)OCC. The normalized spacial score (nSPS) is 20.0. The van der Waals surface area contributed by atoms with Gasteiger partial charge < -0.3 is 39.8 Å². The maximum Gasteiger partial charge on any atom is 0.501 e. The second kappa shape index (κ2) is 32.3. The van der Waals surface area contributed by atoms with E-state index < -0.39 is 54.1 Å². The molecule has 0 fully saturated rings. The molecule has 0 aromatic heterocycles.